The van der Waals surface area contributed by atoms with Gasteiger partial charge in [-0.25, -0.2) is 4.79 Å². The van der Waals surface area contributed by atoms with Gasteiger partial charge in [-0.05, 0) is 58.6 Å². The molecule has 0 atom stereocenters. The summed E-state index contributed by atoms with van der Waals surface area (Å²) in [5.41, 5.74) is 1.13. The van der Waals surface area contributed by atoms with E-state index >= 15 is 0 Å². The lowest BCUT2D eigenvalue weighted by atomic mass is 9.93. The van der Waals surface area contributed by atoms with Crippen molar-refractivity contribution >= 4 is 33.3 Å². The zero-order valence-electron chi connectivity index (χ0n) is 10.9. The van der Waals surface area contributed by atoms with Gasteiger partial charge in [-0.1, -0.05) is 0 Å². The van der Waals surface area contributed by atoms with Gasteiger partial charge < -0.3 is 15.3 Å². The number of hydrogen-bond acceptors (Lipinski definition) is 3. The van der Waals surface area contributed by atoms with Gasteiger partial charge in [-0.2, -0.15) is 0 Å². The molecule has 1 aromatic heterocycles. The maximum Gasteiger partial charge on any atom is 0.317 e. The van der Waals surface area contributed by atoms with Crippen LogP contribution in [0.5, 0.6) is 0 Å². The molecule has 2 N–H and O–H groups in total. The van der Waals surface area contributed by atoms with Crippen LogP contribution in [0.25, 0.3) is 0 Å². The Bertz CT molecular complexity index is 430. The van der Waals surface area contributed by atoms with Gasteiger partial charge in [0.1, 0.15) is 0 Å². The molecule has 0 aromatic carbocycles. The predicted octanol–water partition coefficient (Wildman–Crippen LogP) is 2.96. The molecule has 19 heavy (non-hydrogen) atoms. The van der Waals surface area contributed by atoms with Crippen molar-refractivity contribution in [3.8, 4) is 0 Å². The molecule has 0 bridgehead atoms. The Morgan fingerprint density at radius 3 is 2.79 bits per heavy atom. The first-order valence-corrected chi connectivity index (χ1v) is 8.14. The van der Waals surface area contributed by atoms with E-state index in [1.165, 1.54) is 0 Å². The fraction of sp³-hybridized carbons (Fsp3) is 0.615. The van der Waals surface area contributed by atoms with Gasteiger partial charge >= 0.3 is 6.03 Å². The van der Waals surface area contributed by atoms with Crippen LogP contribution in [0.2, 0.25) is 0 Å². The first-order valence-electron chi connectivity index (χ1n) is 6.47. The molecular weight excluding hydrogens is 328 g/mol. The summed E-state index contributed by atoms with van der Waals surface area (Å²) >= 11 is 5.04. The lowest BCUT2D eigenvalue weighted by molar-refractivity contribution is 0.115. The second-order valence-electron chi connectivity index (χ2n) is 5.07. The minimum atomic E-state index is -0.186. The SMILES string of the molecule is CN(Cc1csc(Br)c1)C(=O)NC1CCC(O)CC1. The van der Waals surface area contributed by atoms with Crippen molar-refractivity contribution < 1.29 is 9.90 Å². The molecule has 1 aromatic rings. The van der Waals surface area contributed by atoms with Crippen LogP contribution in [-0.2, 0) is 6.54 Å². The summed E-state index contributed by atoms with van der Waals surface area (Å²) in [4.78, 5) is 13.7. The molecule has 2 rings (SSSR count). The fourth-order valence-electron chi connectivity index (χ4n) is 2.28. The largest absolute Gasteiger partial charge is 0.393 e. The van der Waals surface area contributed by atoms with E-state index in [1.54, 1.807) is 23.3 Å². The Morgan fingerprint density at radius 2 is 2.21 bits per heavy atom. The summed E-state index contributed by atoms with van der Waals surface area (Å²) < 4.78 is 1.08. The molecular formula is C13H19BrN2O2S. The smallest absolute Gasteiger partial charge is 0.317 e. The molecule has 1 fully saturated rings. The lowest BCUT2D eigenvalue weighted by Crippen LogP contribution is -2.44. The molecule has 4 nitrogen and oxygen atoms in total. The summed E-state index contributed by atoms with van der Waals surface area (Å²) in [7, 11) is 1.80. The summed E-state index contributed by atoms with van der Waals surface area (Å²) in [5, 5.41) is 14.5. The Kier molecular flexibility index (Phi) is 5.24. The molecule has 0 radical (unpaired) electrons. The van der Waals surface area contributed by atoms with E-state index < -0.39 is 0 Å². The van der Waals surface area contributed by atoms with E-state index in [4.69, 9.17) is 0 Å². The van der Waals surface area contributed by atoms with Gasteiger partial charge in [0.05, 0.1) is 9.89 Å². The Hall–Kier alpha value is -0.590. The summed E-state index contributed by atoms with van der Waals surface area (Å²) in [6.07, 6.45) is 3.11. The van der Waals surface area contributed by atoms with Crippen molar-refractivity contribution in [2.45, 2.75) is 44.4 Å². The first-order chi connectivity index (χ1) is 9.04. The van der Waals surface area contributed by atoms with Crippen LogP contribution >= 0.6 is 27.3 Å². The molecule has 0 aliphatic heterocycles. The van der Waals surface area contributed by atoms with Crippen LogP contribution in [0.15, 0.2) is 15.2 Å². The topological polar surface area (TPSA) is 52.6 Å². The van der Waals surface area contributed by atoms with Crippen LogP contribution in [0.4, 0.5) is 4.79 Å². The first kappa shape index (κ1) is 14.8. The number of aliphatic hydroxyl groups is 1. The quantitative estimate of drug-likeness (QED) is 0.883. The number of carbonyl (C=O) groups excluding carboxylic acids is 1. The van der Waals surface area contributed by atoms with Crippen molar-refractivity contribution in [1.29, 1.82) is 0 Å². The van der Waals surface area contributed by atoms with Crippen molar-refractivity contribution in [1.82, 2.24) is 10.2 Å². The Labute approximate surface area is 125 Å². The molecule has 106 valence electrons. The van der Waals surface area contributed by atoms with Crippen LogP contribution < -0.4 is 5.32 Å². The molecule has 1 aliphatic rings. The zero-order chi connectivity index (χ0) is 13.8. The minimum absolute atomic E-state index is 0.0382. The second kappa shape index (κ2) is 6.72. The number of nitrogens with one attached hydrogen (secondary N) is 1. The highest BCUT2D eigenvalue weighted by Gasteiger charge is 2.22. The highest BCUT2D eigenvalue weighted by molar-refractivity contribution is 9.11. The van der Waals surface area contributed by atoms with Crippen LogP contribution in [0, 0.1) is 0 Å². The number of carbonyl (C=O) groups is 1. The third kappa shape index (κ3) is 4.47. The standard InChI is InChI=1S/C13H19BrN2O2S/c1-16(7-9-6-12(14)19-8-9)13(18)15-10-2-4-11(17)5-3-10/h6,8,10-11,17H,2-5,7H2,1H3,(H,15,18). The average molecular weight is 347 g/mol. The van der Waals surface area contributed by atoms with Gasteiger partial charge in [0.25, 0.3) is 0 Å². The van der Waals surface area contributed by atoms with Gasteiger partial charge in [-0.15, -0.1) is 11.3 Å². The lowest BCUT2D eigenvalue weighted by Gasteiger charge is -2.28. The number of aliphatic hydroxyl groups excluding tert-OH is 1. The Balaban J connectivity index is 1.79. The van der Waals surface area contributed by atoms with Gasteiger partial charge in [-0.3, -0.25) is 0 Å². The number of halogens is 1. The van der Waals surface area contributed by atoms with Gasteiger partial charge in [0.15, 0.2) is 0 Å². The maximum atomic E-state index is 12.0. The monoisotopic (exact) mass is 346 g/mol. The van der Waals surface area contributed by atoms with Crippen molar-refractivity contribution in [3.05, 3.63) is 20.8 Å². The minimum Gasteiger partial charge on any atom is -0.393 e. The van der Waals surface area contributed by atoms with Gasteiger partial charge in [0.2, 0.25) is 0 Å². The van der Waals surface area contributed by atoms with Gasteiger partial charge in [0, 0.05) is 19.6 Å². The van der Waals surface area contributed by atoms with Crippen molar-refractivity contribution in [2.24, 2.45) is 0 Å². The van der Waals surface area contributed by atoms with E-state index in [0.717, 1.165) is 35.0 Å². The molecule has 1 heterocycles. The van der Waals surface area contributed by atoms with Crippen LogP contribution in [0.3, 0.4) is 0 Å². The van der Waals surface area contributed by atoms with E-state index in [9.17, 15) is 9.90 Å². The highest BCUT2D eigenvalue weighted by Crippen LogP contribution is 2.22. The van der Waals surface area contributed by atoms with E-state index in [0.29, 0.717) is 6.54 Å². The molecule has 2 amide bonds. The number of nitrogens with zero attached hydrogens (tertiary/aromatic N) is 1. The van der Waals surface area contributed by atoms with Crippen molar-refractivity contribution in [3.63, 3.8) is 0 Å². The van der Waals surface area contributed by atoms with Crippen LogP contribution in [-0.4, -0.2) is 35.2 Å². The Morgan fingerprint density at radius 1 is 1.53 bits per heavy atom. The van der Waals surface area contributed by atoms with E-state index in [1.807, 2.05) is 11.4 Å². The van der Waals surface area contributed by atoms with Crippen LogP contribution in [0.1, 0.15) is 31.2 Å². The summed E-state index contributed by atoms with van der Waals surface area (Å²) in [5.74, 6) is 0. The summed E-state index contributed by atoms with van der Waals surface area (Å²) in [6, 6.07) is 2.20. The zero-order valence-corrected chi connectivity index (χ0v) is 13.3. The molecule has 0 spiro atoms. The molecule has 1 aliphatic carbocycles. The summed E-state index contributed by atoms with van der Waals surface area (Å²) in [6.45, 7) is 0.614. The number of rotatable bonds is 3. The fourth-order valence-corrected chi connectivity index (χ4v) is 3.48. The normalized spacial score (nSPS) is 23.1. The number of hydrogen-bond donors (Lipinski definition) is 2. The molecule has 0 unspecified atom stereocenters. The number of thiophene rings is 1. The number of amides is 2. The van der Waals surface area contributed by atoms with Crippen molar-refractivity contribution in [2.75, 3.05) is 7.05 Å². The molecule has 1 saturated carbocycles. The molecule has 0 saturated heterocycles. The second-order valence-corrected chi connectivity index (χ2v) is 7.36. The highest BCUT2D eigenvalue weighted by atomic mass is 79.9. The third-order valence-corrected chi connectivity index (χ3v) is 4.97. The average Bonchev–Trinajstić information content (AvgIpc) is 2.77. The number of urea groups is 1. The predicted molar refractivity (Wildman–Crippen MR) is 80.3 cm³/mol. The molecule has 6 heteroatoms. The van der Waals surface area contributed by atoms with E-state index in [2.05, 4.69) is 21.2 Å². The van der Waals surface area contributed by atoms with E-state index in [-0.39, 0.29) is 18.2 Å². The third-order valence-electron chi connectivity index (χ3n) is 3.41. The maximum absolute atomic E-state index is 12.0.